The van der Waals surface area contributed by atoms with Crippen LogP contribution in [0.1, 0.15) is 127 Å². The quantitative estimate of drug-likeness (QED) is 0.0670. The van der Waals surface area contributed by atoms with Gasteiger partial charge in [-0.25, -0.2) is 4.98 Å². The molecular weight excluding hydrogens is 782 g/mol. The number of alkyl halides is 3. The molecule has 3 aliphatic rings. The highest BCUT2D eigenvalue weighted by Crippen LogP contribution is 2.37. The molecule has 14 nitrogen and oxygen atoms in total. The number of rotatable bonds is 15. The second-order valence-corrected chi connectivity index (χ2v) is 16.4. The highest BCUT2D eigenvalue weighted by Gasteiger charge is 2.45. The van der Waals surface area contributed by atoms with Crippen molar-refractivity contribution in [3.8, 4) is 0 Å². The molecule has 0 spiro atoms. The fourth-order valence-corrected chi connectivity index (χ4v) is 8.33. The molecular formula is C43H49F3N8O6. The van der Waals surface area contributed by atoms with Gasteiger partial charge in [0.1, 0.15) is 17.4 Å². The molecule has 0 bridgehead atoms. The Bertz CT molecular complexity index is 2300. The van der Waals surface area contributed by atoms with Gasteiger partial charge in [-0.1, -0.05) is 25.0 Å². The fourth-order valence-electron chi connectivity index (χ4n) is 8.33. The Kier molecular flexibility index (Phi) is 12.4. The molecule has 17 heteroatoms. The first-order valence-corrected chi connectivity index (χ1v) is 20.5. The number of nitrogens with zero attached hydrogens (tertiary/aromatic N) is 4. The molecule has 2 fully saturated rings. The molecule has 4 aromatic rings. The van der Waals surface area contributed by atoms with Crippen molar-refractivity contribution < 1.29 is 42.3 Å². The number of nitrogens with one attached hydrogen (secondary N) is 4. The Labute approximate surface area is 344 Å². The van der Waals surface area contributed by atoms with Crippen LogP contribution in [0.4, 0.5) is 24.5 Å². The number of anilines is 2. The second kappa shape index (κ2) is 17.5. The van der Waals surface area contributed by atoms with E-state index in [0.29, 0.717) is 29.2 Å². The summed E-state index contributed by atoms with van der Waals surface area (Å²) in [5.41, 5.74) is -0.595. The number of pyridine rings is 1. The van der Waals surface area contributed by atoms with E-state index in [1.54, 1.807) is 44.2 Å². The number of amides is 5. The maximum atomic E-state index is 13.3. The third-order valence-corrected chi connectivity index (χ3v) is 11.5. The highest BCUT2D eigenvalue weighted by molar-refractivity contribution is 6.25. The van der Waals surface area contributed by atoms with Crippen molar-refractivity contribution in [3.05, 3.63) is 82.8 Å². The number of aliphatic hydroxyl groups is 1. The van der Waals surface area contributed by atoms with E-state index < -0.39 is 58.7 Å². The summed E-state index contributed by atoms with van der Waals surface area (Å²) in [6.07, 6.45) is 5.25. The Hall–Kier alpha value is -5.68. The molecule has 2 aromatic heterocycles. The first kappa shape index (κ1) is 42.4. The van der Waals surface area contributed by atoms with Gasteiger partial charge in [-0.2, -0.15) is 18.3 Å². The van der Waals surface area contributed by atoms with Crippen molar-refractivity contribution in [2.24, 2.45) is 5.92 Å². The lowest BCUT2D eigenvalue weighted by molar-refractivity contribution is -0.141. The normalized spacial score (nSPS) is 19.8. The number of hydrogen-bond donors (Lipinski definition) is 5. The lowest BCUT2D eigenvalue weighted by Gasteiger charge is -2.28. The number of benzene rings is 2. The van der Waals surface area contributed by atoms with Crippen molar-refractivity contribution in [2.75, 3.05) is 30.3 Å². The summed E-state index contributed by atoms with van der Waals surface area (Å²) in [6.45, 7) is 5.58. The van der Waals surface area contributed by atoms with Gasteiger partial charge in [0, 0.05) is 41.5 Å². The Morgan fingerprint density at radius 1 is 0.900 bits per heavy atom. The first-order valence-electron chi connectivity index (χ1n) is 20.5. The summed E-state index contributed by atoms with van der Waals surface area (Å²) in [5.74, 6) is -2.38. The van der Waals surface area contributed by atoms with Crippen molar-refractivity contribution >= 4 is 51.8 Å². The summed E-state index contributed by atoms with van der Waals surface area (Å²) in [7, 11) is 0. The molecule has 2 aliphatic heterocycles. The Morgan fingerprint density at radius 3 is 2.35 bits per heavy atom. The van der Waals surface area contributed by atoms with Gasteiger partial charge in [-0.05, 0) is 114 Å². The molecule has 1 aliphatic carbocycles. The number of hydrogen-bond acceptors (Lipinski definition) is 10. The average molecular weight is 831 g/mol. The van der Waals surface area contributed by atoms with Crippen LogP contribution in [0.5, 0.6) is 0 Å². The number of piperidine rings is 1. The maximum Gasteiger partial charge on any atom is 0.433 e. The van der Waals surface area contributed by atoms with Crippen LogP contribution >= 0.6 is 0 Å². The van der Waals surface area contributed by atoms with Crippen molar-refractivity contribution in [2.45, 2.75) is 102 Å². The lowest BCUT2D eigenvalue weighted by Crippen LogP contribution is -2.54. The minimum absolute atomic E-state index is 0.0698. The van der Waals surface area contributed by atoms with E-state index in [0.717, 1.165) is 86.9 Å². The number of halogens is 3. The number of carbonyl (C=O) groups excluding carboxylic acids is 5. The van der Waals surface area contributed by atoms with Crippen LogP contribution in [0.2, 0.25) is 0 Å². The molecule has 1 saturated heterocycles. The highest BCUT2D eigenvalue weighted by atomic mass is 19.4. The van der Waals surface area contributed by atoms with Crippen LogP contribution in [0.25, 0.3) is 10.9 Å². The van der Waals surface area contributed by atoms with Gasteiger partial charge in [0.15, 0.2) is 0 Å². The number of aromatic nitrogens is 3. The molecule has 5 N–H and O–H groups in total. The molecule has 1 unspecified atom stereocenters. The van der Waals surface area contributed by atoms with Crippen LogP contribution in [-0.2, 0) is 21.4 Å². The van der Waals surface area contributed by atoms with E-state index in [9.17, 15) is 42.3 Å². The largest absolute Gasteiger partial charge is 0.433 e. The van der Waals surface area contributed by atoms with Gasteiger partial charge in [-0.15, -0.1) is 0 Å². The molecule has 318 valence electrons. The third kappa shape index (κ3) is 9.36. The summed E-state index contributed by atoms with van der Waals surface area (Å²) in [5, 5.41) is 28.3. The van der Waals surface area contributed by atoms with Crippen LogP contribution in [0.15, 0.2) is 54.7 Å². The SMILES string of the molecule is CC(C)(O)c1cc2nn(C3CCC(CNCCCCCCNc4cccc5c4C(=O)N(C4CCC(=O)NC4=O)C5=O)CC3)cc2cc1NC(=O)c1cccc(C(F)(F)F)n1. The van der Waals surface area contributed by atoms with E-state index in [1.165, 1.54) is 6.07 Å². The standard InChI is InChI=1S/C43H49F3N8O6/c1-42(2,60)29-22-32-26(21-33(29)50-38(56)31-11-8-12-35(49-31)43(44,45)46)24-53(52-32)27-15-13-25(14-16-27)23-47-19-5-3-4-6-20-48-30-10-7-9-28-37(30)41(59)54(40(28)58)34-17-18-36(55)51-39(34)57/h7-12,21-22,24-25,27,34,47-48,60H,3-6,13-20,23H2,1-2H3,(H,50,56)(H,51,55,57). The van der Waals surface area contributed by atoms with Gasteiger partial charge >= 0.3 is 6.18 Å². The molecule has 1 atom stereocenters. The zero-order chi connectivity index (χ0) is 42.8. The van der Waals surface area contributed by atoms with E-state index in [-0.39, 0.29) is 35.7 Å². The van der Waals surface area contributed by atoms with Gasteiger partial charge in [0.25, 0.3) is 17.7 Å². The van der Waals surface area contributed by atoms with Gasteiger partial charge < -0.3 is 21.1 Å². The van der Waals surface area contributed by atoms with Crippen LogP contribution < -0.4 is 21.3 Å². The summed E-state index contributed by atoms with van der Waals surface area (Å²) in [4.78, 5) is 67.9. The van der Waals surface area contributed by atoms with Crippen LogP contribution in [0, 0.1) is 5.92 Å². The van der Waals surface area contributed by atoms with Crippen LogP contribution in [0.3, 0.4) is 0 Å². The topological polar surface area (TPSA) is 188 Å². The molecule has 2 aromatic carbocycles. The van der Waals surface area contributed by atoms with E-state index in [1.807, 2.05) is 10.9 Å². The predicted molar refractivity (Wildman–Crippen MR) is 216 cm³/mol. The number of carbonyl (C=O) groups is 5. The first-order chi connectivity index (χ1) is 28.6. The Balaban J connectivity index is 0.828. The zero-order valence-corrected chi connectivity index (χ0v) is 33.5. The van der Waals surface area contributed by atoms with E-state index in [2.05, 4.69) is 26.3 Å². The minimum atomic E-state index is -4.70. The van der Waals surface area contributed by atoms with E-state index in [4.69, 9.17) is 5.10 Å². The smallest absolute Gasteiger partial charge is 0.386 e. The van der Waals surface area contributed by atoms with Gasteiger partial charge in [0.2, 0.25) is 11.8 Å². The number of fused-ring (bicyclic) bond motifs is 2. The molecule has 7 rings (SSSR count). The lowest BCUT2D eigenvalue weighted by atomic mass is 9.86. The summed E-state index contributed by atoms with van der Waals surface area (Å²) in [6, 6.07) is 10.8. The van der Waals surface area contributed by atoms with Gasteiger partial charge in [-0.3, -0.25) is 38.9 Å². The molecule has 1 saturated carbocycles. The van der Waals surface area contributed by atoms with Crippen LogP contribution in [-0.4, -0.2) is 80.0 Å². The minimum Gasteiger partial charge on any atom is -0.386 e. The van der Waals surface area contributed by atoms with Crippen molar-refractivity contribution in [1.29, 1.82) is 0 Å². The maximum absolute atomic E-state index is 13.3. The zero-order valence-electron chi connectivity index (χ0n) is 33.5. The Morgan fingerprint density at radius 2 is 1.63 bits per heavy atom. The number of imide groups is 2. The van der Waals surface area contributed by atoms with Gasteiger partial charge in [0.05, 0.1) is 28.3 Å². The fraction of sp³-hybridized carbons (Fsp3) is 0.465. The van der Waals surface area contributed by atoms with E-state index >= 15 is 0 Å². The molecule has 4 heterocycles. The summed E-state index contributed by atoms with van der Waals surface area (Å²) < 4.78 is 41.6. The predicted octanol–water partition coefficient (Wildman–Crippen LogP) is 6.32. The van der Waals surface area contributed by atoms with Crippen molar-refractivity contribution in [1.82, 2.24) is 30.3 Å². The van der Waals surface area contributed by atoms with Crippen molar-refractivity contribution in [3.63, 3.8) is 0 Å². The monoisotopic (exact) mass is 830 g/mol. The second-order valence-electron chi connectivity index (χ2n) is 16.4. The third-order valence-electron chi connectivity index (χ3n) is 11.5. The average Bonchev–Trinajstić information content (AvgIpc) is 3.74. The summed E-state index contributed by atoms with van der Waals surface area (Å²) >= 11 is 0. The molecule has 0 radical (unpaired) electrons. The number of unbranched alkanes of at least 4 members (excludes halogenated alkanes) is 3. The molecule has 5 amide bonds. The molecule has 60 heavy (non-hydrogen) atoms.